The average Bonchev–Trinajstić information content (AvgIpc) is 3.09. The Bertz CT molecular complexity index is 983. The Balaban J connectivity index is 1.99. The van der Waals surface area contributed by atoms with E-state index in [0.717, 1.165) is 0 Å². The molecular weight excluding hydrogens is 565 g/mol. The van der Waals surface area contributed by atoms with Gasteiger partial charge in [-0.2, -0.15) is 0 Å². The molecule has 2 rings (SSSR count). The Morgan fingerprint density at radius 1 is 0.298 bits per heavy atom. The van der Waals surface area contributed by atoms with Crippen LogP contribution in [0.15, 0.2) is 24.3 Å². The van der Waals surface area contributed by atoms with Crippen molar-refractivity contribution in [2.24, 2.45) is 0 Å². The van der Waals surface area contributed by atoms with Crippen molar-refractivity contribution in [3.05, 3.63) is 46.5 Å². The van der Waals surface area contributed by atoms with E-state index in [0.29, 0.717) is 0 Å². The predicted octanol–water partition coefficient (Wildman–Crippen LogP) is 16.5. The third-order valence-electron chi connectivity index (χ3n) is 11.2. The maximum absolute atomic E-state index is 2.46. The molecule has 0 amide bonds. The molecule has 0 aliphatic carbocycles. The quantitative estimate of drug-likeness (QED) is 0.0677. The van der Waals surface area contributed by atoms with Crippen molar-refractivity contribution in [2.45, 2.75) is 240 Å². The van der Waals surface area contributed by atoms with Gasteiger partial charge in [-0.05, 0) is 78.5 Å². The van der Waals surface area contributed by atoms with Crippen LogP contribution in [0.25, 0.3) is 10.8 Å². The first-order chi connectivity index (χ1) is 23.2. The number of hydrogen-bond donors (Lipinski definition) is 0. The minimum Gasteiger partial charge on any atom is -0.0654 e. The molecule has 0 aliphatic heterocycles. The highest BCUT2D eigenvalue weighted by molar-refractivity contribution is 5.91. The van der Waals surface area contributed by atoms with Gasteiger partial charge in [-0.15, -0.1) is 0 Å². The van der Waals surface area contributed by atoms with Gasteiger partial charge in [0.2, 0.25) is 0 Å². The van der Waals surface area contributed by atoms with Gasteiger partial charge in [-0.3, -0.25) is 0 Å². The molecule has 0 heteroatoms. The van der Waals surface area contributed by atoms with Gasteiger partial charge in [0.15, 0.2) is 0 Å². The first-order valence-corrected chi connectivity index (χ1v) is 21.8. The minimum absolute atomic E-state index is 1.29. The Morgan fingerprint density at radius 3 is 0.936 bits per heavy atom. The summed E-state index contributed by atoms with van der Waals surface area (Å²) in [6.07, 6.45) is 46.6. The van der Waals surface area contributed by atoms with E-state index in [1.165, 1.54) is 212 Å². The highest BCUT2D eigenvalue weighted by Crippen LogP contribution is 2.34. The smallest absolute Gasteiger partial charge is 0.0146 e. The standard InChI is InChI=1S/C47H82/c1-5-8-11-14-17-20-23-26-29-32-37-43-42(4)44-38-35-36-41-46(44)47(40-34-31-28-25-22-19-16-13-10-7-3)45(43)39-33-30-27-24-21-18-15-12-9-6-2/h35-36,38,41H,5-34,37,39-40H2,1-4H3. The van der Waals surface area contributed by atoms with E-state index in [-0.39, 0.29) is 0 Å². The fraction of sp³-hybridized carbons (Fsp3) is 0.787. The molecule has 0 aliphatic rings. The topological polar surface area (TPSA) is 0 Å². The van der Waals surface area contributed by atoms with Crippen LogP contribution < -0.4 is 0 Å². The first-order valence-electron chi connectivity index (χ1n) is 21.8. The summed E-state index contributed by atoms with van der Waals surface area (Å²) in [6, 6.07) is 9.47. The number of hydrogen-bond acceptors (Lipinski definition) is 0. The Labute approximate surface area is 296 Å². The normalized spacial score (nSPS) is 11.7. The van der Waals surface area contributed by atoms with Crippen LogP contribution in [0.5, 0.6) is 0 Å². The number of unbranched alkanes of at least 4 members (excludes halogenated alkanes) is 27. The molecule has 0 fully saturated rings. The highest BCUT2D eigenvalue weighted by atomic mass is 14.2. The zero-order valence-electron chi connectivity index (χ0n) is 32.6. The van der Waals surface area contributed by atoms with Crippen molar-refractivity contribution in [2.75, 3.05) is 0 Å². The van der Waals surface area contributed by atoms with Crippen LogP contribution in [-0.4, -0.2) is 0 Å². The van der Waals surface area contributed by atoms with Gasteiger partial charge >= 0.3 is 0 Å². The third kappa shape index (κ3) is 18.9. The van der Waals surface area contributed by atoms with Crippen molar-refractivity contribution < 1.29 is 0 Å². The lowest BCUT2D eigenvalue weighted by molar-refractivity contribution is 0.551. The lowest BCUT2D eigenvalue weighted by atomic mass is 9.83. The van der Waals surface area contributed by atoms with Crippen LogP contribution in [0.3, 0.4) is 0 Å². The lowest BCUT2D eigenvalue weighted by Crippen LogP contribution is -2.06. The van der Waals surface area contributed by atoms with Crippen LogP contribution in [-0.2, 0) is 19.3 Å². The predicted molar refractivity (Wildman–Crippen MR) is 215 cm³/mol. The van der Waals surface area contributed by atoms with Gasteiger partial charge in [0.25, 0.3) is 0 Å². The van der Waals surface area contributed by atoms with Gasteiger partial charge in [0.05, 0.1) is 0 Å². The van der Waals surface area contributed by atoms with E-state index in [1.807, 2.05) is 0 Å². The van der Waals surface area contributed by atoms with Crippen LogP contribution in [0.1, 0.15) is 236 Å². The fourth-order valence-corrected chi connectivity index (χ4v) is 8.10. The molecule has 0 heterocycles. The van der Waals surface area contributed by atoms with E-state index in [1.54, 1.807) is 33.0 Å². The lowest BCUT2D eigenvalue weighted by Gasteiger charge is -2.22. The molecule has 0 spiro atoms. The number of rotatable bonds is 33. The summed E-state index contributed by atoms with van der Waals surface area (Å²) in [6.45, 7) is 9.42. The molecular formula is C47H82. The summed E-state index contributed by atoms with van der Waals surface area (Å²) in [5.74, 6) is 0. The third-order valence-corrected chi connectivity index (χ3v) is 11.2. The molecule has 47 heavy (non-hydrogen) atoms. The van der Waals surface area contributed by atoms with Crippen molar-refractivity contribution in [3.8, 4) is 0 Å². The molecule has 0 atom stereocenters. The first kappa shape index (κ1) is 41.9. The van der Waals surface area contributed by atoms with Crippen LogP contribution in [0.2, 0.25) is 0 Å². The molecule has 0 nitrogen and oxygen atoms in total. The molecule has 0 bridgehead atoms. The molecule has 0 saturated carbocycles. The molecule has 2 aromatic rings. The zero-order chi connectivity index (χ0) is 33.6. The van der Waals surface area contributed by atoms with E-state index >= 15 is 0 Å². The van der Waals surface area contributed by atoms with Gasteiger partial charge < -0.3 is 0 Å². The Morgan fingerprint density at radius 2 is 0.574 bits per heavy atom. The summed E-state index contributed by atoms with van der Waals surface area (Å²) in [5.41, 5.74) is 6.88. The van der Waals surface area contributed by atoms with E-state index in [2.05, 4.69) is 52.0 Å². The van der Waals surface area contributed by atoms with Crippen molar-refractivity contribution in [1.29, 1.82) is 0 Å². The molecule has 0 N–H and O–H groups in total. The number of benzene rings is 2. The summed E-state index contributed by atoms with van der Waals surface area (Å²) >= 11 is 0. The summed E-state index contributed by atoms with van der Waals surface area (Å²) in [5, 5.41) is 3.12. The minimum atomic E-state index is 1.29. The van der Waals surface area contributed by atoms with Crippen molar-refractivity contribution in [3.63, 3.8) is 0 Å². The SMILES string of the molecule is CCCCCCCCCCCCc1c(CCCCCCCCCCCC)c(CCCCCCCCCCCC)c2ccccc2c1C. The highest BCUT2D eigenvalue weighted by Gasteiger charge is 2.17. The van der Waals surface area contributed by atoms with E-state index in [9.17, 15) is 0 Å². The van der Waals surface area contributed by atoms with Gasteiger partial charge in [0, 0.05) is 0 Å². The van der Waals surface area contributed by atoms with E-state index in [4.69, 9.17) is 0 Å². The van der Waals surface area contributed by atoms with Gasteiger partial charge in [0.1, 0.15) is 0 Å². The molecule has 2 aromatic carbocycles. The van der Waals surface area contributed by atoms with Gasteiger partial charge in [-0.25, -0.2) is 0 Å². The second-order valence-corrected chi connectivity index (χ2v) is 15.4. The zero-order valence-corrected chi connectivity index (χ0v) is 32.6. The second kappa shape index (κ2) is 29.6. The maximum atomic E-state index is 2.46. The van der Waals surface area contributed by atoms with Crippen molar-refractivity contribution in [1.82, 2.24) is 0 Å². The van der Waals surface area contributed by atoms with Crippen molar-refractivity contribution >= 4 is 10.8 Å². The second-order valence-electron chi connectivity index (χ2n) is 15.4. The van der Waals surface area contributed by atoms with Crippen LogP contribution in [0.4, 0.5) is 0 Å². The van der Waals surface area contributed by atoms with Gasteiger partial charge in [-0.1, -0.05) is 218 Å². The fourth-order valence-electron chi connectivity index (χ4n) is 8.10. The monoisotopic (exact) mass is 647 g/mol. The average molecular weight is 647 g/mol. The number of fused-ring (bicyclic) bond motifs is 1. The summed E-state index contributed by atoms with van der Waals surface area (Å²) in [7, 11) is 0. The molecule has 0 aromatic heterocycles. The molecule has 0 unspecified atom stereocenters. The largest absolute Gasteiger partial charge is 0.0654 e. The maximum Gasteiger partial charge on any atom is -0.0146 e. The molecule has 0 radical (unpaired) electrons. The summed E-state index contributed by atoms with van der Waals surface area (Å²) in [4.78, 5) is 0. The van der Waals surface area contributed by atoms with Crippen LogP contribution >= 0.6 is 0 Å². The molecule has 0 saturated heterocycles. The Hall–Kier alpha value is -1.30. The Kier molecular flexibility index (Phi) is 26.4. The number of aryl methyl sites for hydroxylation is 2. The summed E-state index contributed by atoms with van der Waals surface area (Å²) < 4.78 is 0. The van der Waals surface area contributed by atoms with Crippen LogP contribution in [0, 0.1) is 6.92 Å². The molecule has 270 valence electrons. The van der Waals surface area contributed by atoms with E-state index < -0.39 is 0 Å².